The molecule has 2 heterocycles. The lowest BCUT2D eigenvalue weighted by molar-refractivity contribution is -0.128. The molecule has 1 fully saturated rings. The first-order valence-electron chi connectivity index (χ1n) is 8.23. The Hall–Kier alpha value is -3.52. The molecule has 142 valence electrons. The molecule has 1 aliphatic heterocycles. The second-order valence-electron chi connectivity index (χ2n) is 5.79. The third-order valence-corrected chi connectivity index (χ3v) is 4.32. The lowest BCUT2D eigenvalue weighted by atomic mass is 10.1. The monoisotopic (exact) mass is 396 g/mol. The van der Waals surface area contributed by atoms with Crippen LogP contribution in [0.2, 0.25) is 0 Å². The minimum absolute atomic E-state index is 0.0397. The zero-order valence-corrected chi connectivity index (χ0v) is 15.7. The number of amides is 2. The lowest BCUT2D eigenvalue weighted by Crippen LogP contribution is -2.53. The van der Waals surface area contributed by atoms with Gasteiger partial charge in [-0.25, -0.2) is 4.79 Å². The molecule has 0 aliphatic carbocycles. The number of furan rings is 1. The highest BCUT2D eigenvalue weighted by atomic mass is 32.1. The second kappa shape index (κ2) is 8.01. The quantitative estimate of drug-likeness (QED) is 0.275. The standard InChI is InChI=1S/C20H16N2O5S/c1-3-10-22-18(24)15(17(23)21-20(22)28)11-14-8-9-16(27-14)12-4-6-13(7-5-12)19(25)26-2/h3-9,11H,1,10H2,2H3,(H,21,23,28)/b15-11-. The summed E-state index contributed by atoms with van der Waals surface area (Å²) < 4.78 is 10.4. The van der Waals surface area contributed by atoms with Crippen LogP contribution >= 0.6 is 12.2 Å². The minimum atomic E-state index is -0.587. The predicted molar refractivity (Wildman–Crippen MR) is 106 cm³/mol. The summed E-state index contributed by atoms with van der Waals surface area (Å²) in [5.41, 5.74) is 1.06. The van der Waals surface area contributed by atoms with E-state index in [1.807, 2.05) is 0 Å². The van der Waals surface area contributed by atoms with E-state index in [0.717, 1.165) is 5.56 Å². The molecule has 1 N–H and O–H groups in total. The largest absolute Gasteiger partial charge is 0.465 e. The maximum Gasteiger partial charge on any atom is 0.337 e. The normalized spacial score (nSPS) is 15.5. The maximum atomic E-state index is 12.5. The number of nitrogens with zero attached hydrogens (tertiary/aromatic N) is 1. The minimum Gasteiger partial charge on any atom is -0.465 e. The zero-order valence-electron chi connectivity index (χ0n) is 14.9. The summed E-state index contributed by atoms with van der Waals surface area (Å²) in [5.74, 6) is -0.688. The Kier molecular flexibility index (Phi) is 5.51. The maximum absolute atomic E-state index is 12.5. The van der Waals surface area contributed by atoms with Crippen LogP contribution in [0, 0.1) is 0 Å². The number of thiocarbonyl (C=S) groups is 1. The van der Waals surface area contributed by atoms with Crippen molar-refractivity contribution in [1.29, 1.82) is 0 Å². The van der Waals surface area contributed by atoms with Gasteiger partial charge in [0.25, 0.3) is 11.8 Å². The van der Waals surface area contributed by atoms with E-state index in [0.29, 0.717) is 17.1 Å². The van der Waals surface area contributed by atoms with Crippen molar-refractivity contribution in [3.63, 3.8) is 0 Å². The topological polar surface area (TPSA) is 88.8 Å². The van der Waals surface area contributed by atoms with Crippen molar-refractivity contribution in [2.24, 2.45) is 0 Å². The van der Waals surface area contributed by atoms with Gasteiger partial charge in [-0.3, -0.25) is 19.8 Å². The molecular formula is C20H16N2O5S. The molecule has 3 rings (SSSR count). The van der Waals surface area contributed by atoms with Crippen LogP contribution in [0.15, 0.2) is 59.0 Å². The van der Waals surface area contributed by atoms with Gasteiger partial charge in [0.05, 0.1) is 12.7 Å². The summed E-state index contributed by atoms with van der Waals surface area (Å²) in [5, 5.41) is 2.51. The highest BCUT2D eigenvalue weighted by Gasteiger charge is 2.32. The second-order valence-corrected chi connectivity index (χ2v) is 6.18. The van der Waals surface area contributed by atoms with E-state index in [-0.39, 0.29) is 17.2 Å². The number of hydrogen-bond donors (Lipinski definition) is 1. The van der Waals surface area contributed by atoms with Crippen molar-refractivity contribution in [2.45, 2.75) is 0 Å². The Labute approximate surface area is 166 Å². The number of rotatable bonds is 5. The number of nitrogens with one attached hydrogen (secondary N) is 1. The molecule has 0 radical (unpaired) electrons. The van der Waals surface area contributed by atoms with E-state index in [1.54, 1.807) is 36.4 Å². The average molecular weight is 396 g/mol. The van der Waals surface area contributed by atoms with Crippen LogP contribution in [0.1, 0.15) is 16.1 Å². The summed E-state index contributed by atoms with van der Waals surface area (Å²) >= 11 is 5.01. The van der Waals surface area contributed by atoms with Crippen LogP contribution in [0.5, 0.6) is 0 Å². The van der Waals surface area contributed by atoms with E-state index in [9.17, 15) is 14.4 Å². The van der Waals surface area contributed by atoms with E-state index in [1.165, 1.54) is 24.2 Å². The van der Waals surface area contributed by atoms with Crippen molar-refractivity contribution in [3.8, 4) is 11.3 Å². The number of methoxy groups -OCH3 is 1. The van der Waals surface area contributed by atoms with Gasteiger partial charge in [0.15, 0.2) is 5.11 Å². The van der Waals surface area contributed by atoms with E-state index < -0.39 is 17.8 Å². The Morgan fingerprint density at radius 3 is 2.61 bits per heavy atom. The van der Waals surface area contributed by atoms with Gasteiger partial charge in [-0.2, -0.15) is 0 Å². The summed E-state index contributed by atoms with van der Waals surface area (Å²) in [4.78, 5) is 37.4. The van der Waals surface area contributed by atoms with Gasteiger partial charge >= 0.3 is 5.97 Å². The van der Waals surface area contributed by atoms with Gasteiger partial charge < -0.3 is 9.15 Å². The molecule has 28 heavy (non-hydrogen) atoms. The fraction of sp³-hybridized carbons (Fsp3) is 0.100. The molecule has 1 aromatic heterocycles. The number of ether oxygens (including phenoxy) is 1. The van der Waals surface area contributed by atoms with Crippen LogP contribution in [0.4, 0.5) is 0 Å². The summed E-state index contributed by atoms with van der Waals surface area (Å²) in [6.45, 7) is 3.76. The average Bonchev–Trinajstić information content (AvgIpc) is 3.16. The van der Waals surface area contributed by atoms with Crippen LogP contribution in [0.3, 0.4) is 0 Å². The van der Waals surface area contributed by atoms with Gasteiger partial charge in [0.1, 0.15) is 17.1 Å². The molecule has 0 spiro atoms. The smallest absolute Gasteiger partial charge is 0.337 e. The number of benzene rings is 1. The Bertz CT molecular complexity index is 1000. The predicted octanol–water partition coefficient (Wildman–Crippen LogP) is 2.55. The molecule has 0 saturated carbocycles. The number of carbonyl (C=O) groups excluding carboxylic acids is 3. The summed E-state index contributed by atoms with van der Waals surface area (Å²) in [6.07, 6.45) is 2.88. The fourth-order valence-corrected chi connectivity index (χ4v) is 2.86. The molecular weight excluding hydrogens is 380 g/mol. The van der Waals surface area contributed by atoms with Gasteiger partial charge in [-0.15, -0.1) is 6.58 Å². The number of esters is 1. The SMILES string of the molecule is C=CCN1C(=O)/C(=C\c2ccc(-c3ccc(C(=O)OC)cc3)o2)C(=O)NC1=S. The molecule has 1 aliphatic rings. The van der Waals surface area contributed by atoms with Crippen LogP contribution in [-0.2, 0) is 14.3 Å². The Morgan fingerprint density at radius 2 is 1.96 bits per heavy atom. The van der Waals surface area contributed by atoms with Crippen LogP contribution in [0.25, 0.3) is 17.4 Å². The van der Waals surface area contributed by atoms with Gasteiger partial charge in [-0.05, 0) is 42.6 Å². The third kappa shape index (κ3) is 3.77. The molecule has 0 unspecified atom stereocenters. The molecule has 0 atom stereocenters. The first kappa shape index (κ1) is 19.2. The fourth-order valence-electron chi connectivity index (χ4n) is 2.61. The lowest BCUT2D eigenvalue weighted by Gasteiger charge is -2.27. The third-order valence-electron chi connectivity index (χ3n) is 4.00. The van der Waals surface area contributed by atoms with Crippen molar-refractivity contribution in [3.05, 3.63) is 65.9 Å². The van der Waals surface area contributed by atoms with Crippen molar-refractivity contribution in [1.82, 2.24) is 10.2 Å². The van der Waals surface area contributed by atoms with Crippen molar-refractivity contribution < 1.29 is 23.5 Å². The number of carbonyl (C=O) groups is 3. The molecule has 7 nitrogen and oxygen atoms in total. The van der Waals surface area contributed by atoms with Crippen molar-refractivity contribution >= 4 is 41.2 Å². The Morgan fingerprint density at radius 1 is 1.25 bits per heavy atom. The molecule has 2 aromatic rings. The van der Waals surface area contributed by atoms with E-state index >= 15 is 0 Å². The van der Waals surface area contributed by atoms with Gasteiger partial charge in [0.2, 0.25) is 0 Å². The van der Waals surface area contributed by atoms with Crippen LogP contribution in [-0.4, -0.2) is 41.5 Å². The molecule has 2 amide bonds. The summed E-state index contributed by atoms with van der Waals surface area (Å²) in [6, 6.07) is 10.0. The molecule has 1 saturated heterocycles. The van der Waals surface area contributed by atoms with Crippen molar-refractivity contribution in [2.75, 3.05) is 13.7 Å². The molecule has 0 bridgehead atoms. The number of hydrogen-bond acceptors (Lipinski definition) is 6. The Balaban J connectivity index is 1.86. The summed E-state index contributed by atoms with van der Waals surface area (Å²) in [7, 11) is 1.31. The molecule has 8 heteroatoms. The first-order chi connectivity index (χ1) is 13.4. The highest BCUT2D eigenvalue weighted by Crippen LogP contribution is 2.25. The van der Waals surface area contributed by atoms with E-state index in [4.69, 9.17) is 16.6 Å². The highest BCUT2D eigenvalue weighted by molar-refractivity contribution is 7.80. The van der Waals surface area contributed by atoms with Gasteiger partial charge in [-0.1, -0.05) is 18.2 Å². The van der Waals surface area contributed by atoms with Gasteiger partial charge in [0, 0.05) is 12.1 Å². The van der Waals surface area contributed by atoms with Crippen LogP contribution < -0.4 is 5.32 Å². The first-order valence-corrected chi connectivity index (χ1v) is 8.63. The van der Waals surface area contributed by atoms with E-state index in [2.05, 4.69) is 16.6 Å². The zero-order chi connectivity index (χ0) is 20.3. The molecule has 1 aromatic carbocycles.